The van der Waals surface area contributed by atoms with Crippen molar-refractivity contribution < 1.29 is 9.47 Å². The fraction of sp³-hybridized carbons (Fsp3) is 0.409. The maximum Gasteiger partial charge on any atom is 0.191 e. The number of hydrogen-bond donors (Lipinski definition) is 2. The van der Waals surface area contributed by atoms with Crippen molar-refractivity contribution in [3.8, 4) is 11.5 Å². The van der Waals surface area contributed by atoms with Crippen LogP contribution in [-0.2, 0) is 13.0 Å². The number of guanidine groups is 1. The average molecular weight is 385 g/mol. The van der Waals surface area contributed by atoms with Crippen LogP contribution in [0.2, 0.25) is 0 Å². The first-order chi connectivity index (χ1) is 13.7. The molecule has 152 valence electrons. The van der Waals surface area contributed by atoms with Crippen molar-refractivity contribution in [2.75, 3.05) is 47.9 Å². The van der Waals surface area contributed by atoms with Crippen molar-refractivity contribution in [1.82, 2.24) is 15.5 Å². The highest BCUT2D eigenvalue weighted by Gasteiger charge is 2.05. The molecule has 0 aliphatic heterocycles. The van der Waals surface area contributed by atoms with E-state index < -0.39 is 0 Å². The van der Waals surface area contributed by atoms with E-state index in [-0.39, 0.29) is 0 Å². The molecule has 0 heterocycles. The lowest BCUT2D eigenvalue weighted by atomic mass is 10.1. The van der Waals surface area contributed by atoms with Crippen molar-refractivity contribution in [3.05, 3.63) is 59.7 Å². The average Bonchev–Trinajstić information content (AvgIpc) is 2.73. The van der Waals surface area contributed by atoms with E-state index in [9.17, 15) is 0 Å². The summed E-state index contributed by atoms with van der Waals surface area (Å²) in [6.07, 6.45) is 0.870. The van der Waals surface area contributed by atoms with Crippen molar-refractivity contribution in [1.29, 1.82) is 0 Å². The molecule has 0 amide bonds. The van der Waals surface area contributed by atoms with Crippen LogP contribution in [0.4, 0.5) is 0 Å². The molecule has 6 heteroatoms. The monoisotopic (exact) mass is 384 g/mol. The summed E-state index contributed by atoms with van der Waals surface area (Å²) in [5, 5.41) is 6.72. The number of aliphatic imine (C=N–C) groups is 1. The van der Waals surface area contributed by atoms with Crippen LogP contribution in [0.15, 0.2) is 53.5 Å². The van der Waals surface area contributed by atoms with Gasteiger partial charge in [-0.3, -0.25) is 4.99 Å². The Morgan fingerprint density at radius 2 is 1.64 bits per heavy atom. The molecule has 0 atom stereocenters. The van der Waals surface area contributed by atoms with Crippen LogP contribution in [0.3, 0.4) is 0 Å². The van der Waals surface area contributed by atoms with E-state index in [0.29, 0.717) is 0 Å². The highest BCUT2D eigenvalue weighted by Crippen LogP contribution is 2.27. The Morgan fingerprint density at radius 1 is 0.929 bits per heavy atom. The Kier molecular flexibility index (Phi) is 9.15. The predicted octanol–water partition coefficient (Wildman–Crippen LogP) is 2.54. The van der Waals surface area contributed by atoms with Crippen LogP contribution in [-0.4, -0.2) is 58.8 Å². The standard InChI is InChI=1S/C22H32N4O2/c1-23-22(25-14-15-26(2)17-19-8-6-5-7-9-19)24-13-12-18-10-11-20(27-3)21(16-18)28-4/h5-11,16H,12-15,17H2,1-4H3,(H2,23,24,25). The first-order valence-electron chi connectivity index (χ1n) is 9.54. The topological polar surface area (TPSA) is 58.1 Å². The highest BCUT2D eigenvalue weighted by molar-refractivity contribution is 5.79. The summed E-state index contributed by atoms with van der Waals surface area (Å²) in [4.78, 5) is 6.58. The normalized spacial score (nSPS) is 11.4. The second-order valence-corrected chi connectivity index (χ2v) is 6.59. The van der Waals surface area contributed by atoms with E-state index in [0.717, 1.165) is 50.1 Å². The van der Waals surface area contributed by atoms with Gasteiger partial charge in [-0.15, -0.1) is 0 Å². The molecule has 0 unspecified atom stereocenters. The minimum Gasteiger partial charge on any atom is -0.493 e. The van der Waals surface area contributed by atoms with Crippen molar-refractivity contribution in [2.45, 2.75) is 13.0 Å². The Labute approximate surface area is 168 Å². The molecule has 0 bridgehead atoms. The molecule has 2 aromatic carbocycles. The summed E-state index contributed by atoms with van der Waals surface area (Å²) in [7, 11) is 7.22. The zero-order valence-electron chi connectivity index (χ0n) is 17.4. The summed E-state index contributed by atoms with van der Waals surface area (Å²) in [5.74, 6) is 2.31. The molecule has 28 heavy (non-hydrogen) atoms. The lowest BCUT2D eigenvalue weighted by Crippen LogP contribution is -2.41. The highest BCUT2D eigenvalue weighted by atomic mass is 16.5. The van der Waals surface area contributed by atoms with Gasteiger partial charge in [-0.25, -0.2) is 0 Å². The second kappa shape index (κ2) is 11.9. The van der Waals surface area contributed by atoms with Gasteiger partial charge in [0.25, 0.3) is 0 Å². The Balaban J connectivity index is 1.70. The quantitative estimate of drug-likeness (QED) is 0.487. The minimum absolute atomic E-state index is 0.747. The van der Waals surface area contributed by atoms with Crippen LogP contribution in [0.25, 0.3) is 0 Å². The number of hydrogen-bond acceptors (Lipinski definition) is 4. The second-order valence-electron chi connectivity index (χ2n) is 6.59. The summed E-state index contributed by atoms with van der Waals surface area (Å²) >= 11 is 0. The Morgan fingerprint density at radius 3 is 2.32 bits per heavy atom. The number of nitrogens with zero attached hydrogens (tertiary/aromatic N) is 2. The maximum atomic E-state index is 5.36. The molecule has 0 spiro atoms. The minimum atomic E-state index is 0.747. The summed E-state index contributed by atoms with van der Waals surface area (Å²) in [5.41, 5.74) is 2.51. The molecular weight excluding hydrogens is 352 g/mol. The third-order valence-corrected chi connectivity index (χ3v) is 4.46. The molecule has 0 fully saturated rings. The largest absolute Gasteiger partial charge is 0.493 e. The molecule has 0 aliphatic carbocycles. The van der Waals surface area contributed by atoms with Crippen LogP contribution in [0.1, 0.15) is 11.1 Å². The molecule has 0 saturated carbocycles. The van der Waals surface area contributed by atoms with Crippen molar-refractivity contribution in [3.63, 3.8) is 0 Å². The van der Waals surface area contributed by atoms with Gasteiger partial charge in [0, 0.05) is 33.2 Å². The summed E-state index contributed by atoms with van der Waals surface area (Å²) < 4.78 is 10.6. The zero-order chi connectivity index (χ0) is 20.2. The zero-order valence-corrected chi connectivity index (χ0v) is 17.4. The fourth-order valence-corrected chi connectivity index (χ4v) is 2.92. The van der Waals surface area contributed by atoms with E-state index >= 15 is 0 Å². The van der Waals surface area contributed by atoms with Gasteiger partial charge in [0.15, 0.2) is 17.5 Å². The van der Waals surface area contributed by atoms with Gasteiger partial charge < -0.3 is 25.0 Å². The van der Waals surface area contributed by atoms with E-state index in [1.807, 2.05) is 18.2 Å². The number of likely N-dealkylation sites (N-methyl/N-ethyl adjacent to an activating group) is 1. The lowest BCUT2D eigenvalue weighted by molar-refractivity contribution is 0.331. The summed E-state index contributed by atoms with van der Waals surface area (Å²) in [6, 6.07) is 16.5. The number of nitrogens with one attached hydrogen (secondary N) is 2. The molecule has 0 radical (unpaired) electrons. The van der Waals surface area contributed by atoms with Crippen molar-refractivity contribution in [2.24, 2.45) is 4.99 Å². The lowest BCUT2D eigenvalue weighted by Gasteiger charge is -2.18. The Hall–Kier alpha value is -2.73. The van der Waals surface area contributed by atoms with Gasteiger partial charge in [-0.2, -0.15) is 0 Å². The molecule has 2 aromatic rings. The molecule has 6 nitrogen and oxygen atoms in total. The Bertz CT molecular complexity index is 735. The van der Waals surface area contributed by atoms with Gasteiger partial charge in [0.05, 0.1) is 14.2 Å². The third-order valence-electron chi connectivity index (χ3n) is 4.46. The van der Waals surface area contributed by atoms with E-state index in [1.165, 1.54) is 11.1 Å². The van der Waals surface area contributed by atoms with Crippen LogP contribution < -0.4 is 20.1 Å². The fourth-order valence-electron chi connectivity index (χ4n) is 2.92. The van der Waals surface area contributed by atoms with Gasteiger partial charge in [0.1, 0.15) is 0 Å². The molecule has 0 aliphatic rings. The van der Waals surface area contributed by atoms with E-state index in [2.05, 4.69) is 57.9 Å². The summed E-state index contributed by atoms with van der Waals surface area (Å²) in [6.45, 7) is 3.49. The maximum absolute atomic E-state index is 5.36. The van der Waals surface area contributed by atoms with Gasteiger partial charge in [0.2, 0.25) is 0 Å². The molecule has 0 aromatic heterocycles. The first kappa shape index (κ1) is 21.6. The van der Waals surface area contributed by atoms with Gasteiger partial charge in [-0.05, 0) is 36.7 Å². The predicted molar refractivity (Wildman–Crippen MR) is 115 cm³/mol. The first-order valence-corrected chi connectivity index (χ1v) is 9.54. The van der Waals surface area contributed by atoms with E-state index in [1.54, 1.807) is 21.3 Å². The number of methoxy groups -OCH3 is 2. The van der Waals surface area contributed by atoms with E-state index in [4.69, 9.17) is 9.47 Å². The third kappa shape index (κ3) is 7.12. The molecule has 2 N–H and O–H groups in total. The molecular formula is C22H32N4O2. The van der Waals surface area contributed by atoms with Gasteiger partial charge >= 0.3 is 0 Å². The van der Waals surface area contributed by atoms with Crippen LogP contribution >= 0.6 is 0 Å². The van der Waals surface area contributed by atoms with Gasteiger partial charge in [-0.1, -0.05) is 36.4 Å². The molecule has 0 saturated heterocycles. The van der Waals surface area contributed by atoms with Crippen LogP contribution in [0.5, 0.6) is 11.5 Å². The van der Waals surface area contributed by atoms with Crippen molar-refractivity contribution >= 4 is 5.96 Å². The number of benzene rings is 2. The SMILES string of the molecule is CN=C(NCCc1ccc(OC)c(OC)c1)NCCN(C)Cc1ccccc1. The number of rotatable bonds is 10. The smallest absolute Gasteiger partial charge is 0.191 e. The van der Waals surface area contributed by atoms with Crippen LogP contribution in [0, 0.1) is 0 Å². The number of ether oxygens (including phenoxy) is 2. The molecule has 2 rings (SSSR count).